The molecule has 6 nitrogen and oxygen atoms in total. The van der Waals surface area contributed by atoms with Crippen molar-refractivity contribution in [2.24, 2.45) is 0 Å². The molecule has 4 rings (SSSR count). The molecule has 0 radical (unpaired) electrons. The summed E-state index contributed by atoms with van der Waals surface area (Å²) in [5, 5.41) is 11.4. The fourth-order valence-electron chi connectivity index (χ4n) is 3.23. The smallest absolute Gasteiger partial charge is 0.272 e. The highest BCUT2D eigenvalue weighted by atomic mass is 16.5. The summed E-state index contributed by atoms with van der Waals surface area (Å²) in [6, 6.07) is 11.6. The number of aromatic amines is 1. The van der Waals surface area contributed by atoms with Crippen LogP contribution in [0.5, 0.6) is 11.5 Å². The van der Waals surface area contributed by atoms with E-state index in [1.165, 1.54) is 5.56 Å². The van der Waals surface area contributed by atoms with Gasteiger partial charge in [0.2, 0.25) is 0 Å². The average Bonchev–Trinajstić information content (AvgIpc) is 2.62. The molecule has 0 fully saturated rings. The second-order valence-corrected chi connectivity index (χ2v) is 6.35. The Kier molecular flexibility index (Phi) is 3.99. The Morgan fingerprint density at radius 2 is 2.12 bits per heavy atom. The summed E-state index contributed by atoms with van der Waals surface area (Å²) in [7, 11) is 4.05. The zero-order valence-corrected chi connectivity index (χ0v) is 14.3. The van der Waals surface area contributed by atoms with E-state index in [9.17, 15) is 4.79 Å². The zero-order valence-electron chi connectivity index (χ0n) is 14.3. The SMILES string of the molecule is CNCCN(C)Cc1ccc2c(c1)-c1n[nH]c(=O)c3cccc(c13)O2. The molecule has 0 spiro atoms. The second kappa shape index (κ2) is 6.31. The van der Waals surface area contributed by atoms with Crippen LogP contribution >= 0.6 is 0 Å². The Labute approximate surface area is 145 Å². The van der Waals surface area contributed by atoms with E-state index in [0.717, 1.165) is 42.0 Å². The molecule has 0 saturated heterocycles. The van der Waals surface area contributed by atoms with Crippen LogP contribution in [0, 0.1) is 0 Å². The monoisotopic (exact) mass is 336 g/mol. The molecule has 0 saturated carbocycles. The van der Waals surface area contributed by atoms with Crippen LogP contribution < -0.4 is 15.6 Å². The molecule has 0 amide bonds. The molecule has 1 aliphatic heterocycles. The minimum absolute atomic E-state index is 0.199. The molecule has 2 N–H and O–H groups in total. The average molecular weight is 336 g/mol. The number of rotatable bonds is 5. The van der Waals surface area contributed by atoms with Crippen molar-refractivity contribution >= 4 is 10.8 Å². The van der Waals surface area contributed by atoms with Crippen LogP contribution in [0.1, 0.15) is 5.56 Å². The molecule has 0 atom stereocenters. The van der Waals surface area contributed by atoms with Crippen LogP contribution in [0.15, 0.2) is 41.2 Å². The van der Waals surface area contributed by atoms with E-state index >= 15 is 0 Å². The Hall–Kier alpha value is -2.70. The van der Waals surface area contributed by atoms with Gasteiger partial charge in [0.1, 0.15) is 17.2 Å². The van der Waals surface area contributed by atoms with Crippen LogP contribution in [0.2, 0.25) is 0 Å². The minimum atomic E-state index is -0.199. The van der Waals surface area contributed by atoms with Gasteiger partial charge in [-0.15, -0.1) is 0 Å². The lowest BCUT2D eigenvalue weighted by Gasteiger charge is -2.22. The molecule has 128 valence electrons. The van der Waals surface area contributed by atoms with E-state index in [1.807, 2.05) is 25.2 Å². The number of benzene rings is 2. The number of ether oxygens (including phenoxy) is 1. The molecule has 0 aliphatic carbocycles. The first-order chi connectivity index (χ1) is 12.2. The summed E-state index contributed by atoms with van der Waals surface area (Å²) < 4.78 is 6.01. The van der Waals surface area contributed by atoms with E-state index in [4.69, 9.17) is 4.74 Å². The molecule has 1 aromatic heterocycles. The van der Waals surface area contributed by atoms with Gasteiger partial charge < -0.3 is 15.0 Å². The number of hydrogen-bond donors (Lipinski definition) is 2. The molecule has 0 unspecified atom stereocenters. The predicted octanol–water partition coefficient (Wildman–Crippen LogP) is 2.35. The molecule has 2 aromatic carbocycles. The fraction of sp³-hybridized carbons (Fsp3) is 0.263. The lowest BCUT2D eigenvalue weighted by molar-refractivity contribution is 0.328. The number of hydrogen-bond acceptors (Lipinski definition) is 5. The van der Waals surface area contributed by atoms with E-state index in [1.54, 1.807) is 6.07 Å². The van der Waals surface area contributed by atoms with Gasteiger partial charge in [0.15, 0.2) is 0 Å². The Morgan fingerprint density at radius 3 is 2.96 bits per heavy atom. The summed E-state index contributed by atoms with van der Waals surface area (Å²) in [4.78, 5) is 14.3. The number of nitrogens with one attached hydrogen (secondary N) is 2. The van der Waals surface area contributed by atoms with Gasteiger partial charge in [-0.1, -0.05) is 12.1 Å². The molecular formula is C19H20N4O2. The van der Waals surface area contributed by atoms with Crippen LogP contribution in [0.4, 0.5) is 0 Å². The van der Waals surface area contributed by atoms with Crippen molar-refractivity contribution in [1.29, 1.82) is 0 Å². The van der Waals surface area contributed by atoms with Crippen molar-refractivity contribution in [2.45, 2.75) is 6.54 Å². The number of H-pyrrole nitrogens is 1. The number of nitrogens with zero attached hydrogens (tertiary/aromatic N) is 2. The first-order valence-corrected chi connectivity index (χ1v) is 8.33. The van der Waals surface area contributed by atoms with Gasteiger partial charge in [0, 0.05) is 25.2 Å². The first-order valence-electron chi connectivity index (χ1n) is 8.33. The predicted molar refractivity (Wildman–Crippen MR) is 98.1 cm³/mol. The highest BCUT2D eigenvalue weighted by Gasteiger charge is 2.23. The molecule has 1 aliphatic rings. The lowest BCUT2D eigenvalue weighted by atomic mass is 9.99. The second-order valence-electron chi connectivity index (χ2n) is 6.35. The molecule has 25 heavy (non-hydrogen) atoms. The van der Waals surface area contributed by atoms with Crippen LogP contribution in [0.3, 0.4) is 0 Å². The number of aromatic nitrogens is 2. The maximum absolute atomic E-state index is 12.1. The van der Waals surface area contributed by atoms with Crippen LogP contribution in [-0.4, -0.2) is 42.3 Å². The van der Waals surface area contributed by atoms with Crippen molar-refractivity contribution in [3.63, 3.8) is 0 Å². The standard InChI is InChI=1S/C19H20N4O2/c1-20-8-9-23(2)11-12-6-7-15-14(10-12)18-17-13(19(24)22-21-18)4-3-5-16(17)25-15/h3-7,10,20H,8-9,11H2,1-2H3,(H,22,24). The fourth-order valence-corrected chi connectivity index (χ4v) is 3.23. The van der Waals surface area contributed by atoms with Crippen LogP contribution in [-0.2, 0) is 6.54 Å². The molecule has 0 bridgehead atoms. The lowest BCUT2D eigenvalue weighted by Crippen LogP contribution is -2.26. The third kappa shape index (κ3) is 2.79. The van der Waals surface area contributed by atoms with Crippen molar-refractivity contribution in [1.82, 2.24) is 20.4 Å². The van der Waals surface area contributed by atoms with Gasteiger partial charge >= 0.3 is 0 Å². The highest BCUT2D eigenvalue weighted by Crippen LogP contribution is 2.44. The number of likely N-dealkylation sites (N-methyl/N-ethyl adjacent to an activating group) is 2. The van der Waals surface area contributed by atoms with Gasteiger partial charge in [-0.2, -0.15) is 5.10 Å². The maximum Gasteiger partial charge on any atom is 0.272 e. The quantitative estimate of drug-likeness (QED) is 0.585. The van der Waals surface area contributed by atoms with Gasteiger partial charge in [-0.3, -0.25) is 4.79 Å². The van der Waals surface area contributed by atoms with Gasteiger partial charge in [0.05, 0.1) is 10.8 Å². The Bertz CT molecular complexity index is 996. The first kappa shape index (κ1) is 15.8. The largest absolute Gasteiger partial charge is 0.456 e. The summed E-state index contributed by atoms with van der Waals surface area (Å²) in [6.45, 7) is 2.75. The summed E-state index contributed by atoms with van der Waals surface area (Å²) in [5.41, 5.74) is 2.67. The topological polar surface area (TPSA) is 70.2 Å². The van der Waals surface area contributed by atoms with Crippen molar-refractivity contribution in [3.8, 4) is 22.8 Å². The Morgan fingerprint density at radius 1 is 1.24 bits per heavy atom. The van der Waals surface area contributed by atoms with Crippen molar-refractivity contribution < 1.29 is 4.74 Å². The number of fused-ring (bicyclic) bond motifs is 2. The third-order valence-corrected chi connectivity index (χ3v) is 4.49. The van der Waals surface area contributed by atoms with Crippen LogP contribution in [0.25, 0.3) is 22.0 Å². The highest BCUT2D eigenvalue weighted by molar-refractivity contribution is 6.01. The minimum Gasteiger partial charge on any atom is -0.456 e. The van der Waals surface area contributed by atoms with Gasteiger partial charge in [0.25, 0.3) is 5.56 Å². The summed E-state index contributed by atoms with van der Waals surface area (Å²) in [5.74, 6) is 1.44. The summed E-state index contributed by atoms with van der Waals surface area (Å²) in [6.07, 6.45) is 0. The van der Waals surface area contributed by atoms with Crippen molar-refractivity contribution in [3.05, 3.63) is 52.3 Å². The molecule has 6 heteroatoms. The normalized spacial score (nSPS) is 12.3. The molecular weight excluding hydrogens is 316 g/mol. The molecule has 2 heterocycles. The zero-order chi connectivity index (χ0) is 17.4. The molecule has 3 aromatic rings. The summed E-state index contributed by atoms with van der Waals surface area (Å²) >= 11 is 0. The maximum atomic E-state index is 12.1. The van der Waals surface area contributed by atoms with E-state index in [0.29, 0.717) is 11.1 Å². The van der Waals surface area contributed by atoms with Gasteiger partial charge in [-0.05, 0) is 43.9 Å². The van der Waals surface area contributed by atoms with E-state index in [2.05, 4.69) is 39.6 Å². The van der Waals surface area contributed by atoms with E-state index < -0.39 is 0 Å². The van der Waals surface area contributed by atoms with Gasteiger partial charge in [-0.25, -0.2) is 5.10 Å². The third-order valence-electron chi connectivity index (χ3n) is 4.49. The Balaban J connectivity index is 1.78. The van der Waals surface area contributed by atoms with E-state index in [-0.39, 0.29) is 5.56 Å². The van der Waals surface area contributed by atoms with Crippen molar-refractivity contribution in [2.75, 3.05) is 27.2 Å².